The summed E-state index contributed by atoms with van der Waals surface area (Å²) in [7, 11) is -14.5. The molecule has 374 valence electrons. The van der Waals surface area contributed by atoms with Crippen LogP contribution in [0.2, 0.25) is 0 Å². The molecule has 4 aromatic rings. The predicted octanol–water partition coefficient (Wildman–Crippen LogP) is 5.01. The summed E-state index contributed by atoms with van der Waals surface area (Å²) in [6, 6.07) is 25.8. The summed E-state index contributed by atoms with van der Waals surface area (Å²) in [5, 5.41) is 15.3. The van der Waals surface area contributed by atoms with Gasteiger partial charge in [0.25, 0.3) is 0 Å². The molecule has 19 nitrogen and oxygen atoms in total. The average Bonchev–Trinajstić information content (AvgIpc) is 3.78. The molecule has 9 N–H and O–H groups in total. The maximum absolute atomic E-state index is 14.5. The van der Waals surface area contributed by atoms with Crippen molar-refractivity contribution in [2.75, 3.05) is 50.9 Å². The first kappa shape index (κ1) is 54.0. The van der Waals surface area contributed by atoms with Gasteiger partial charge in [0.05, 0.1) is 0 Å². The van der Waals surface area contributed by atoms with Gasteiger partial charge >= 0.3 is 401 Å². The van der Waals surface area contributed by atoms with Crippen molar-refractivity contribution in [3.63, 3.8) is 0 Å². The number of alkyl carbamates (subject to hydrolysis) is 1. The molecule has 1 fully saturated rings. The normalized spacial score (nSPS) is 16.6. The number of carbonyl (C=O) groups is 2. The molecule has 5 rings (SSSR count). The number of nitrogens with one attached hydrogen (secondary N) is 2. The number of hydrogen-bond donors (Lipinski definition) is 7. The predicted molar refractivity (Wildman–Crippen MR) is 259 cm³/mol. The Labute approximate surface area is 399 Å². The molecule has 4 aromatic carbocycles. The van der Waals surface area contributed by atoms with Crippen LogP contribution in [0, 0.1) is 11.8 Å². The molecule has 1 aliphatic rings. The molecular weight excluding hydrogens is 940 g/mol. The van der Waals surface area contributed by atoms with Gasteiger partial charge in [-0.3, -0.25) is 0 Å². The Balaban J connectivity index is 1.63. The summed E-state index contributed by atoms with van der Waals surface area (Å²) >= 11 is 0. The molecule has 1 aliphatic heterocycles. The van der Waals surface area contributed by atoms with Crippen LogP contribution in [-0.4, -0.2) is 122 Å². The fourth-order valence-corrected chi connectivity index (χ4v) is 12.2. The van der Waals surface area contributed by atoms with Crippen LogP contribution in [0.5, 0.6) is 0 Å². The molecule has 5 atom stereocenters. The Hall–Kier alpha value is -4.93. The fourth-order valence-electron chi connectivity index (χ4n) is 7.64. The van der Waals surface area contributed by atoms with E-state index in [9.17, 15) is 41.3 Å². The van der Waals surface area contributed by atoms with Gasteiger partial charge in [0, 0.05) is 0 Å². The van der Waals surface area contributed by atoms with Crippen molar-refractivity contribution in [3.8, 4) is 0 Å². The van der Waals surface area contributed by atoms with E-state index in [-0.39, 0.29) is 54.2 Å². The molecule has 0 bridgehead atoms. The molecule has 22 heteroatoms. The Bertz CT molecular complexity index is 2430. The number of nitrogen functional groups attached to an aromatic ring is 2. The van der Waals surface area contributed by atoms with Gasteiger partial charge in [0.15, 0.2) is 0 Å². The van der Waals surface area contributed by atoms with E-state index in [2.05, 4.69) is 10.6 Å². The second-order valence-electron chi connectivity index (χ2n) is 17.5. The monoisotopic (exact) mass is 1000 g/mol. The number of nitrogens with two attached hydrogens (primary N) is 2. The molecule has 1 heterocycles. The van der Waals surface area contributed by atoms with E-state index in [0.717, 1.165) is 8.61 Å². The van der Waals surface area contributed by atoms with Gasteiger partial charge in [-0.25, -0.2) is 0 Å². The first-order valence-corrected chi connectivity index (χ1v) is 26.8. The van der Waals surface area contributed by atoms with Crippen LogP contribution in [0.1, 0.15) is 45.2 Å². The molecule has 0 radical (unpaired) electrons. The fraction of sp³-hybridized carbons (Fsp3) is 0.435. The minimum atomic E-state index is -5.75. The van der Waals surface area contributed by atoms with Crippen molar-refractivity contribution in [2.24, 2.45) is 11.8 Å². The van der Waals surface area contributed by atoms with Gasteiger partial charge in [-0.2, -0.15) is 0 Å². The molecule has 0 saturated carbocycles. The summed E-state index contributed by atoms with van der Waals surface area (Å²) in [6.45, 7) is 6.20. The van der Waals surface area contributed by atoms with Crippen molar-refractivity contribution in [3.05, 3.63) is 120 Å². The van der Waals surface area contributed by atoms with Crippen LogP contribution in [-0.2, 0) is 51.4 Å². The Morgan fingerprint density at radius 2 is 1.09 bits per heavy atom. The molecule has 68 heavy (non-hydrogen) atoms. The number of anilines is 2. The van der Waals surface area contributed by atoms with Crippen LogP contribution in [0.3, 0.4) is 0 Å². The Morgan fingerprint density at radius 3 is 1.46 bits per heavy atom. The summed E-state index contributed by atoms with van der Waals surface area (Å²) in [6.07, 6.45) is -6.06. The van der Waals surface area contributed by atoms with Crippen LogP contribution >= 0.6 is 8.17 Å². The minimum absolute atomic E-state index is 0.0493. The van der Waals surface area contributed by atoms with Gasteiger partial charge in [-0.1, -0.05) is 0 Å². The van der Waals surface area contributed by atoms with Crippen LogP contribution < -0.4 is 22.1 Å². The van der Waals surface area contributed by atoms with Crippen molar-refractivity contribution >= 4 is 51.8 Å². The quantitative estimate of drug-likeness (QED) is 0.0339. The molecule has 0 spiro atoms. The van der Waals surface area contributed by atoms with E-state index in [1.807, 2.05) is 0 Å². The third kappa shape index (κ3) is 16.4. The Morgan fingerprint density at radius 1 is 0.676 bits per heavy atom. The molecule has 1 saturated heterocycles. The second-order valence-corrected chi connectivity index (χ2v) is 23.0. The zero-order valence-corrected chi connectivity index (χ0v) is 41.2. The number of amides is 2. The van der Waals surface area contributed by atoms with Crippen LogP contribution in [0.25, 0.3) is 0 Å². The van der Waals surface area contributed by atoms with E-state index >= 15 is 0 Å². The number of rotatable bonds is 25. The van der Waals surface area contributed by atoms with Crippen LogP contribution in [0.4, 0.5) is 21.0 Å². The summed E-state index contributed by atoms with van der Waals surface area (Å²) in [5.74, 6) is -0.575. The van der Waals surface area contributed by atoms with Crippen molar-refractivity contribution in [1.82, 2.24) is 19.2 Å². The molecule has 0 aliphatic carbocycles. The van der Waals surface area contributed by atoms with Crippen molar-refractivity contribution < 1.29 is 59.8 Å². The van der Waals surface area contributed by atoms with Crippen LogP contribution in [0.15, 0.2) is 119 Å². The number of hydrogen-bond acceptors (Lipinski definition) is 14. The standard InChI is InChI=1S/C46H65N6O13PS2/c1-32(2)27-51(67(58,59)39-19-15-36(47)16-20-39)29-43(41(49-45(53)54)25-34-11-7-5-8-12-34)64-66(56,57)65-44(30-52(28-33(3)4)68(60,61)40-21-17-37(48)18-22-40)42(26-35-13-9-6-10-14-35)50-46(55)63-38-23-24-62-31-38/h5-22,32-33,38,41-44,49,56-57,66H,23-31,47-48H2,1-4H3,(H,50,55)(H,53,54)/t38-,41-,42-,43+,44+/m0/s1. The number of ether oxygens (including phenoxy) is 2. The first-order chi connectivity index (χ1) is 32.1. The maximum atomic E-state index is 14.5. The zero-order chi connectivity index (χ0) is 49.6. The SMILES string of the molecule is CC(C)CN(C[C@@H](O[PH](O)(O)O[C@H](CN(CC(C)C)S(=O)(=O)c1ccc(N)cc1)[C@H](Cc1ccccc1)NC(=O)O[C@H]1CCOC1)[C@H](Cc1ccccc1)NC(=O)O)S(=O)(=O)c1ccc(N)cc1. The second kappa shape index (κ2) is 24.6. The third-order valence-corrected chi connectivity index (χ3v) is 15.7. The number of benzene rings is 4. The summed E-state index contributed by atoms with van der Waals surface area (Å²) in [5.41, 5.74) is 13.6. The van der Waals surface area contributed by atoms with Gasteiger partial charge in [0.1, 0.15) is 0 Å². The van der Waals surface area contributed by atoms with Gasteiger partial charge in [0.2, 0.25) is 0 Å². The summed E-state index contributed by atoms with van der Waals surface area (Å²) in [4.78, 5) is 50.4. The molecule has 0 aromatic heterocycles. The third-order valence-electron chi connectivity index (χ3n) is 10.8. The Kier molecular flexibility index (Phi) is 19.5. The van der Waals surface area contributed by atoms with Gasteiger partial charge in [-0.05, 0) is 0 Å². The van der Waals surface area contributed by atoms with E-state index < -0.39 is 83.9 Å². The molecule has 0 unspecified atom stereocenters. The molecule has 2 amide bonds. The van der Waals surface area contributed by atoms with E-state index in [1.165, 1.54) is 48.5 Å². The summed E-state index contributed by atoms with van der Waals surface area (Å²) < 4.78 is 83.5. The van der Waals surface area contributed by atoms with E-state index in [0.29, 0.717) is 35.5 Å². The van der Waals surface area contributed by atoms with Crippen molar-refractivity contribution in [2.45, 2.75) is 87.1 Å². The molecular formula is C46H65N6O13PS2. The zero-order valence-electron chi connectivity index (χ0n) is 38.6. The van der Waals surface area contributed by atoms with E-state index in [1.54, 1.807) is 88.4 Å². The first-order valence-electron chi connectivity index (χ1n) is 22.2. The van der Waals surface area contributed by atoms with Gasteiger partial charge < -0.3 is 0 Å². The number of carboxylic acid groups (broad SMARTS) is 1. The van der Waals surface area contributed by atoms with E-state index in [4.69, 9.17) is 30.0 Å². The average molecular weight is 1010 g/mol. The number of nitrogens with zero attached hydrogens (tertiary/aromatic N) is 2. The topological polar surface area (TPSA) is 283 Å². The number of carbonyl (C=O) groups excluding carboxylic acids is 1. The van der Waals surface area contributed by atoms with Gasteiger partial charge in [-0.15, -0.1) is 0 Å². The van der Waals surface area contributed by atoms with Crippen molar-refractivity contribution in [1.29, 1.82) is 0 Å². The number of sulfonamides is 2.